The highest BCUT2D eigenvalue weighted by Gasteiger charge is 2.17. The number of nitro benzene ring substituents is 1. The number of nitrogen functional groups attached to an aromatic ring is 1. The standard InChI is InChI=1S/C12H11FN4O3/c1-7-5-10(8(13)6-9(7)17(18)19)20-12-4-2-3-11(15-12)16-14/h2-6H,14H2,1H3,(H,15,16). The lowest BCUT2D eigenvalue weighted by Gasteiger charge is -2.08. The van der Waals surface area contributed by atoms with E-state index in [1.165, 1.54) is 19.1 Å². The molecule has 0 saturated heterocycles. The molecule has 8 heteroatoms. The summed E-state index contributed by atoms with van der Waals surface area (Å²) in [4.78, 5) is 14.0. The Morgan fingerprint density at radius 1 is 1.45 bits per heavy atom. The first-order valence-electron chi connectivity index (χ1n) is 5.57. The van der Waals surface area contributed by atoms with Crippen molar-refractivity contribution < 1.29 is 14.1 Å². The average Bonchev–Trinajstić information content (AvgIpc) is 2.42. The number of nitrogens with zero attached hydrogens (tertiary/aromatic N) is 2. The SMILES string of the molecule is Cc1cc(Oc2cccc(NN)n2)c(F)cc1[N+](=O)[O-]. The van der Waals surface area contributed by atoms with E-state index in [0.29, 0.717) is 11.4 Å². The maximum Gasteiger partial charge on any atom is 0.275 e. The topological polar surface area (TPSA) is 103 Å². The summed E-state index contributed by atoms with van der Waals surface area (Å²) >= 11 is 0. The van der Waals surface area contributed by atoms with E-state index in [9.17, 15) is 14.5 Å². The van der Waals surface area contributed by atoms with Crippen LogP contribution in [0.5, 0.6) is 11.6 Å². The van der Waals surface area contributed by atoms with Gasteiger partial charge in [0.2, 0.25) is 5.88 Å². The lowest BCUT2D eigenvalue weighted by Crippen LogP contribution is -2.08. The summed E-state index contributed by atoms with van der Waals surface area (Å²) in [5.74, 6) is 4.69. The molecule has 104 valence electrons. The molecule has 0 spiro atoms. The van der Waals surface area contributed by atoms with Gasteiger partial charge < -0.3 is 10.2 Å². The average molecular weight is 278 g/mol. The third kappa shape index (κ3) is 2.81. The number of pyridine rings is 1. The number of hydrazine groups is 1. The third-order valence-electron chi connectivity index (χ3n) is 2.53. The Balaban J connectivity index is 2.34. The fraction of sp³-hybridized carbons (Fsp3) is 0.0833. The number of aryl methyl sites for hydroxylation is 1. The molecular formula is C12H11FN4O3. The maximum absolute atomic E-state index is 13.8. The van der Waals surface area contributed by atoms with Crippen molar-refractivity contribution in [1.82, 2.24) is 4.98 Å². The molecule has 3 N–H and O–H groups in total. The number of anilines is 1. The predicted molar refractivity (Wildman–Crippen MR) is 69.9 cm³/mol. The molecule has 1 heterocycles. The maximum atomic E-state index is 13.8. The van der Waals surface area contributed by atoms with E-state index in [-0.39, 0.29) is 17.3 Å². The molecule has 0 atom stereocenters. The number of aromatic nitrogens is 1. The van der Waals surface area contributed by atoms with Crippen molar-refractivity contribution in [3.8, 4) is 11.6 Å². The Morgan fingerprint density at radius 3 is 2.85 bits per heavy atom. The van der Waals surface area contributed by atoms with E-state index in [2.05, 4.69) is 10.4 Å². The molecule has 1 aromatic heterocycles. The second-order valence-corrected chi connectivity index (χ2v) is 3.93. The van der Waals surface area contributed by atoms with Crippen LogP contribution in [0.15, 0.2) is 30.3 Å². The number of hydrogen-bond acceptors (Lipinski definition) is 6. The number of rotatable bonds is 4. The van der Waals surface area contributed by atoms with Crippen LogP contribution in [-0.4, -0.2) is 9.91 Å². The second-order valence-electron chi connectivity index (χ2n) is 3.93. The van der Waals surface area contributed by atoms with Crippen LogP contribution in [0.4, 0.5) is 15.9 Å². The van der Waals surface area contributed by atoms with Gasteiger partial charge in [0.25, 0.3) is 5.69 Å². The van der Waals surface area contributed by atoms with E-state index in [1.807, 2.05) is 0 Å². The molecule has 0 unspecified atom stereocenters. The molecule has 2 aromatic rings. The van der Waals surface area contributed by atoms with Gasteiger partial charge in [-0.1, -0.05) is 6.07 Å². The first-order valence-corrected chi connectivity index (χ1v) is 5.57. The van der Waals surface area contributed by atoms with Crippen LogP contribution >= 0.6 is 0 Å². The van der Waals surface area contributed by atoms with Crippen molar-refractivity contribution in [2.75, 3.05) is 5.43 Å². The van der Waals surface area contributed by atoms with Crippen LogP contribution in [-0.2, 0) is 0 Å². The largest absolute Gasteiger partial charge is 0.436 e. The van der Waals surface area contributed by atoms with Crippen molar-refractivity contribution in [2.24, 2.45) is 5.84 Å². The molecule has 0 aliphatic carbocycles. The Kier molecular flexibility index (Phi) is 3.76. The number of nitrogens with one attached hydrogen (secondary N) is 1. The molecule has 7 nitrogen and oxygen atoms in total. The summed E-state index contributed by atoms with van der Waals surface area (Å²) in [6, 6.07) is 6.79. The van der Waals surface area contributed by atoms with Gasteiger partial charge in [-0.25, -0.2) is 10.2 Å². The molecule has 20 heavy (non-hydrogen) atoms. The van der Waals surface area contributed by atoms with Crippen LogP contribution in [0.1, 0.15) is 5.56 Å². The summed E-state index contributed by atoms with van der Waals surface area (Å²) in [6.45, 7) is 1.50. The van der Waals surface area contributed by atoms with E-state index < -0.39 is 10.7 Å². The smallest absolute Gasteiger partial charge is 0.275 e. The summed E-state index contributed by atoms with van der Waals surface area (Å²) < 4.78 is 19.0. The normalized spacial score (nSPS) is 10.2. The number of benzene rings is 1. The van der Waals surface area contributed by atoms with Gasteiger partial charge in [-0.2, -0.15) is 4.98 Å². The minimum atomic E-state index is -0.838. The van der Waals surface area contributed by atoms with Crippen molar-refractivity contribution in [2.45, 2.75) is 6.92 Å². The Hall–Kier alpha value is -2.74. The van der Waals surface area contributed by atoms with E-state index >= 15 is 0 Å². The number of ether oxygens (including phenoxy) is 1. The molecule has 2 rings (SSSR count). The van der Waals surface area contributed by atoms with Gasteiger partial charge in [0.15, 0.2) is 11.6 Å². The van der Waals surface area contributed by atoms with Gasteiger partial charge in [-0.3, -0.25) is 10.1 Å². The van der Waals surface area contributed by atoms with E-state index in [4.69, 9.17) is 10.6 Å². The highest BCUT2D eigenvalue weighted by Crippen LogP contribution is 2.30. The van der Waals surface area contributed by atoms with Gasteiger partial charge >= 0.3 is 0 Å². The van der Waals surface area contributed by atoms with E-state index in [0.717, 1.165) is 6.07 Å². The van der Waals surface area contributed by atoms with Gasteiger partial charge in [-0.05, 0) is 19.1 Å². The van der Waals surface area contributed by atoms with Gasteiger partial charge in [0, 0.05) is 11.6 Å². The van der Waals surface area contributed by atoms with Crippen LogP contribution in [0.2, 0.25) is 0 Å². The van der Waals surface area contributed by atoms with Crippen LogP contribution < -0.4 is 16.0 Å². The van der Waals surface area contributed by atoms with Crippen molar-refractivity contribution in [3.05, 3.63) is 51.8 Å². The fourth-order valence-corrected chi connectivity index (χ4v) is 1.58. The van der Waals surface area contributed by atoms with Crippen molar-refractivity contribution >= 4 is 11.5 Å². The number of hydrogen-bond donors (Lipinski definition) is 2. The van der Waals surface area contributed by atoms with E-state index in [1.54, 1.807) is 12.1 Å². The zero-order valence-corrected chi connectivity index (χ0v) is 10.5. The van der Waals surface area contributed by atoms with Crippen molar-refractivity contribution in [1.29, 1.82) is 0 Å². The molecular weight excluding hydrogens is 267 g/mol. The number of nitro groups is 1. The number of halogens is 1. The zero-order chi connectivity index (χ0) is 14.7. The molecule has 0 saturated carbocycles. The highest BCUT2D eigenvalue weighted by atomic mass is 19.1. The van der Waals surface area contributed by atoms with Gasteiger partial charge in [-0.15, -0.1) is 0 Å². The number of nitrogens with two attached hydrogens (primary N) is 1. The molecule has 1 aromatic carbocycles. The lowest BCUT2D eigenvalue weighted by molar-refractivity contribution is -0.385. The van der Waals surface area contributed by atoms with Gasteiger partial charge in [0.05, 0.1) is 11.0 Å². The molecule has 0 amide bonds. The first kappa shape index (κ1) is 13.7. The monoisotopic (exact) mass is 278 g/mol. The Bertz CT molecular complexity index is 663. The minimum absolute atomic E-state index is 0.118. The Morgan fingerprint density at radius 2 is 2.20 bits per heavy atom. The van der Waals surface area contributed by atoms with Crippen LogP contribution in [0.3, 0.4) is 0 Å². The van der Waals surface area contributed by atoms with Crippen LogP contribution in [0, 0.1) is 22.9 Å². The molecule has 0 aliphatic rings. The van der Waals surface area contributed by atoms with Crippen LogP contribution in [0.25, 0.3) is 0 Å². The zero-order valence-electron chi connectivity index (χ0n) is 10.5. The highest BCUT2D eigenvalue weighted by molar-refractivity contribution is 5.46. The minimum Gasteiger partial charge on any atom is -0.436 e. The quantitative estimate of drug-likeness (QED) is 0.506. The molecule has 0 aliphatic heterocycles. The summed E-state index contributed by atoms with van der Waals surface area (Å²) in [6.07, 6.45) is 0. The fourth-order valence-electron chi connectivity index (χ4n) is 1.58. The Labute approximate surface area is 113 Å². The summed E-state index contributed by atoms with van der Waals surface area (Å²) in [5, 5.41) is 10.7. The second kappa shape index (κ2) is 5.49. The summed E-state index contributed by atoms with van der Waals surface area (Å²) in [5.41, 5.74) is 2.31. The predicted octanol–water partition coefficient (Wildman–Crippen LogP) is 2.52. The summed E-state index contributed by atoms with van der Waals surface area (Å²) in [7, 11) is 0. The molecule has 0 fully saturated rings. The lowest BCUT2D eigenvalue weighted by atomic mass is 10.2. The molecule has 0 radical (unpaired) electrons. The third-order valence-corrected chi connectivity index (χ3v) is 2.53. The first-order chi connectivity index (χ1) is 9.51. The molecule has 0 bridgehead atoms. The van der Waals surface area contributed by atoms with Gasteiger partial charge in [0.1, 0.15) is 5.82 Å². The van der Waals surface area contributed by atoms with Crippen molar-refractivity contribution in [3.63, 3.8) is 0 Å².